The molecule has 82 heavy (non-hydrogen) atoms. The molecule has 0 aliphatic heterocycles. The molecule has 1 atom stereocenters. The number of carboxylic acids is 7. The zero-order valence-electron chi connectivity index (χ0n) is 45.6. The van der Waals surface area contributed by atoms with Crippen LogP contribution < -0.4 is 59.4 Å². The third kappa shape index (κ3) is 22.8. The Labute approximate surface area is 474 Å². The number of aromatic carboxylic acids is 2. The Morgan fingerprint density at radius 3 is 1.22 bits per heavy atom. The summed E-state index contributed by atoms with van der Waals surface area (Å²) in [6.07, 6.45) is 4.83. The van der Waals surface area contributed by atoms with Crippen LogP contribution in [-0.4, -0.2) is 134 Å². The SMILES string of the molecule is CCCCc1ccc(COc2ccc(OCC(COc3ccc(OCc4ccc(CCCC)cc4)cc3C(=O)[O-])Oc3ccc(CC(CN(CCN(CC(=O)[O-])CC(=O)[O-])CC(=O)[O-])N(CC(=O)[O-])CC(=O)[O-])cc3)c(C(=O)[O-])c2)cc1. The minimum Gasteiger partial charge on any atom is -0.549 e. The Kier molecular flexibility index (Phi) is 25.9. The molecule has 0 radical (unpaired) electrons. The molecule has 5 aromatic rings. The van der Waals surface area contributed by atoms with Gasteiger partial charge in [-0.25, -0.2) is 0 Å². The highest BCUT2D eigenvalue weighted by atomic mass is 16.6. The van der Waals surface area contributed by atoms with Crippen molar-refractivity contribution in [2.75, 3.05) is 65.6 Å². The van der Waals surface area contributed by atoms with Gasteiger partial charge in [0.25, 0.3) is 0 Å². The van der Waals surface area contributed by atoms with E-state index in [1.807, 2.05) is 48.5 Å². The lowest BCUT2D eigenvalue weighted by molar-refractivity contribution is -0.313. The topological polar surface area (TPSA) is 337 Å². The average molecular weight is 1130 g/mol. The highest BCUT2D eigenvalue weighted by Gasteiger charge is 2.25. The summed E-state index contributed by atoms with van der Waals surface area (Å²) in [5.41, 5.74) is 3.79. The van der Waals surface area contributed by atoms with Crippen LogP contribution in [0.3, 0.4) is 0 Å². The number of unbranched alkanes of at least 4 members (excludes halogenated alkanes) is 2. The Morgan fingerprint density at radius 2 is 0.817 bits per heavy atom. The van der Waals surface area contributed by atoms with E-state index in [4.69, 9.17) is 23.7 Å². The summed E-state index contributed by atoms with van der Waals surface area (Å²) in [5.74, 6) is -11.1. The van der Waals surface area contributed by atoms with Gasteiger partial charge < -0.3 is 93.0 Å². The number of benzene rings is 5. The normalized spacial score (nSPS) is 11.6. The maximum absolute atomic E-state index is 12.5. The zero-order chi connectivity index (χ0) is 59.6. The molecule has 0 aromatic heterocycles. The second-order valence-electron chi connectivity index (χ2n) is 19.4. The molecule has 440 valence electrons. The molecule has 0 amide bonds. The van der Waals surface area contributed by atoms with Crippen LogP contribution in [0.5, 0.6) is 28.7 Å². The molecule has 22 heteroatoms. The van der Waals surface area contributed by atoms with Crippen molar-refractivity contribution in [2.45, 2.75) is 84.2 Å². The van der Waals surface area contributed by atoms with Crippen LogP contribution >= 0.6 is 0 Å². The Hall–Kier alpha value is -8.73. The monoisotopic (exact) mass is 1130 g/mol. The number of rotatable bonds is 40. The first-order valence-electron chi connectivity index (χ1n) is 26.6. The van der Waals surface area contributed by atoms with Gasteiger partial charge in [-0.3, -0.25) is 14.7 Å². The highest BCUT2D eigenvalue weighted by molar-refractivity contribution is 5.90. The molecule has 5 rings (SSSR count). The van der Waals surface area contributed by atoms with Gasteiger partial charge >= 0.3 is 0 Å². The summed E-state index contributed by atoms with van der Waals surface area (Å²) in [4.78, 5) is 86.3. The van der Waals surface area contributed by atoms with E-state index in [2.05, 4.69) is 13.8 Å². The fraction of sp³-hybridized carbons (Fsp3) is 0.383. The summed E-state index contributed by atoms with van der Waals surface area (Å²) in [6.45, 7) is -1.80. The summed E-state index contributed by atoms with van der Waals surface area (Å²) in [7, 11) is 0. The van der Waals surface area contributed by atoms with Crippen molar-refractivity contribution < 1.29 is 93.0 Å². The van der Waals surface area contributed by atoms with E-state index in [1.165, 1.54) is 76.7 Å². The average Bonchev–Trinajstić information content (AvgIpc) is 3.63. The number of carbonyl (C=O) groups is 7. The van der Waals surface area contributed by atoms with Crippen molar-refractivity contribution >= 4 is 41.8 Å². The molecule has 1 unspecified atom stereocenters. The maximum atomic E-state index is 12.5. The van der Waals surface area contributed by atoms with Gasteiger partial charge in [-0.2, -0.15) is 0 Å². The minimum atomic E-state index is -1.68. The molecular formula is C60H64N3O19-7. The summed E-state index contributed by atoms with van der Waals surface area (Å²) in [5, 5.41) is 83.3. The van der Waals surface area contributed by atoms with E-state index >= 15 is 0 Å². The molecule has 0 N–H and O–H groups in total. The lowest BCUT2D eigenvalue weighted by Crippen LogP contribution is -2.55. The van der Waals surface area contributed by atoms with Crippen molar-refractivity contribution in [3.05, 3.63) is 148 Å². The fourth-order valence-corrected chi connectivity index (χ4v) is 8.65. The number of aryl methyl sites for hydroxylation is 2. The van der Waals surface area contributed by atoms with Crippen molar-refractivity contribution in [1.82, 2.24) is 14.7 Å². The van der Waals surface area contributed by atoms with Crippen LogP contribution in [0.15, 0.2) is 109 Å². The molecule has 0 aliphatic carbocycles. The zero-order valence-corrected chi connectivity index (χ0v) is 45.6. The maximum Gasteiger partial charge on any atom is 0.166 e. The Bertz CT molecular complexity index is 2750. The van der Waals surface area contributed by atoms with Crippen molar-refractivity contribution in [3.8, 4) is 28.7 Å². The summed E-state index contributed by atoms with van der Waals surface area (Å²) >= 11 is 0. The first-order chi connectivity index (χ1) is 39.3. The molecule has 0 spiro atoms. The number of hydrogen-bond donors (Lipinski definition) is 0. The lowest BCUT2D eigenvalue weighted by atomic mass is 10.0. The van der Waals surface area contributed by atoms with Gasteiger partial charge in [-0.15, -0.1) is 0 Å². The van der Waals surface area contributed by atoms with Gasteiger partial charge in [0.05, 0.1) is 41.8 Å². The Balaban J connectivity index is 1.39. The smallest absolute Gasteiger partial charge is 0.166 e. The molecule has 0 saturated carbocycles. The van der Waals surface area contributed by atoms with Gasteiger partial charge in [-0.1, -0.05) is 87.4 Å². The fourth-order valence-electron chi connectivity index (χ4n) is 8.65. The quantitative estimate of drug-likeness (QED) is 0.0399. The van der Waals surface area contributed by atoms with E-state index in [0.717, 1.165) is 59.5 Å². The molecule has 22 nitrogen and oxygen atoms in total. The van der Waals surface area contributed by atoms with E-state index in [-0.39, 0.29) is 79.1 Å². The number of carbonyl (C=O) groups excluding carboxylic acids is 7. The van der Waals surface area contributed by atoms with Crippen LogP contribution in [-0.2, 0) is 56.4 Å². The van der Waals surface area contributed by atoms with Gasteiger partial charge in [0.1, 0.15) is 55.2 Å². The van der Waals surface area contributed by atoms with Gasteiger partial charge in [0.2, 0.25) is 0 Å². The predicted molar refractivity (Wildman–Crippen MR) is 279 cm³/mol. The van der Waals surface area contributed by atoms with Gasteiger partial charge in [0.15, 0.2) is 6.10 Å². The molecule has 0 fully saturated rings. The first kappa shape index (κ1) is 64.1. The van der Waals surface area contributed by atoms with Crippen molar-refractivity contribution in [3.63, 3.8) is 0 Å². The molecular weight excluding hydrogens is 1070 g/mol. The van der Waals surface area contributed by atoms with E-state index in [9.17, 15) is 69.3 Å². The molecule has 0 heterocycles. The predicted octanol–water partition coefficient (Wildman–Crippen LogP) is -2.27. The van der Waals surface area contributed by atoms with Crippen LogP contribution in [0.25, 0.3) is 0 Å². The second kappa shape index (κ2) is 33.1. The standard InChI is InChI=1S/C60H71N3O19/c1-3-5-7-40-9-13-43(14-10-40)36-78-47-21-23-52(50(28-47)59(74)75)80-38-49(39-81-53-24-22-48(29-51(53)60(76)77)79-37-44-15-11-41(12-16-44)8-6-4-2)82-46-19-17-42(18-20-46)27-45(63(34-57(70)71)35-58(72)73)30-61(31-54(64)65)25-26-62(32-55(66)67)33-56(68)69/h9-24,28-29,45,49H,3-8,25-27,30-39H2,1-2H3,(H,64,65)(H,66,67)(H,68,69)(H,70,71)(H,72,73)(H,74,75)(H,76,77)/p-7. The Morgan fingerprint density at radius 1 is 0.439 bits per heavy atom. The van der Waals surface area contributed by atoms with Crippen LogP contribution in [0, 0.1) is 0 Å². The number of carboxylic acid groups (broad SMARTS) is 7. The minimum absolute atomic E-state index is 0.133. The number of ether oxygens (including phenoxy) is 5. The third-order valence-corrected chi connectivity index (χ3v) is 12.8. The van der Waals surface area contributed by atoms with E-state index in [1.54, 1.807) is 0 Å². The van der Waals surface area contributed by atoms with E-state index < -0.39 is 99.9 Å². The summed E-state index contributed by atoms with van der Waals surface area (Å²) in [6, 6.07) is 28.9. The molecule has 0 saturated heterocycles. The number of nitrogens with zero attached hydrogens (tertiary/aromatic N) is 3. The third-order valence-electron chi connectivity index (χ3n) is 12.8. The molecule has 0 aliphatic rings. The van der Waals surface area contributed by atoms with Gasteiger partial charge in [-0.05, 0) is 108 Å². The van der Waals surface area contributed by atoms with Crippen molar-refractivity contribution in [1.29, 1.82) is 0 Å². The summed E-state index contributed by atoms with van der Waals surface area (Å²) < 4.78 is 30.2. The van der Waals surface area contributed by atoms with E-state index in [0.29, 0.717) is 5.56 Å². The van der Waals surface area contributed by atoms with Crippen molar-refractivity contribution in [2.24, 2.45) is 0 Å². The van der Waals surface area contributed by atoms with Gasteiger partial charge in [0, 0.05) is 69.5 Å². The largest absolute Gasteiger partial charge is 0.549 e. The highest BCUT2D eigenvalue weighted by Crippen LogP contribution is 2.28. The first-order valence-corrected chi connectivity index (χ1v) is 26.6. The number of aliphatic carboxylic acids is 5. The van der Waals surface area contributed by atoms with Crippen LogP contribution in [0.1, 0.15) is 88.1 Å². The molecule has 0 bridgehead atoms. The van der Waals surface area contributed by atoms with Crippen LogP contribution in [0.4, 0.5) is 0 Å². The molecule has 5 aromatic carbocycles. The van der Waals surface area contributed by atoms with Crippen LogP contribution in [0.2, 0.25) is 0 Å². The second-order valence-corrected chi connectivity index (χ2v) is 19.4. The number of hydrogen-bond acceptors (Lipinski definition) is 22. The lowest BCUT2D eigenvalue weighted by Gasteiger charge is -2.37.